The lowest BCUT2D eigenvalue weighted by Gasteiger charge is -2.28. The van der Waals surface area contributed by atoms with Crippen molar-refractivity contribution in [3.05, 3.63) is 0 Å². The third-order valence-corrected chi connectivity index (χ3v) is 2.69. The number of carbonyl (C=O) groups is 1. The van der Waals surface area contributed by atoms with E-state index < -0.39 is 5.54 Å². The van der Waals surface area contributed by atoms with Crippen molar-refractivity contribution >= 4 is 11.7 Å². The monoisotopic (exact) mass is 245 g/mol. The van der Waals surface area contributed by atoms with Crippen LogP contribution in [0, 0.1) is 0 Å². The summed E-state index contributed by atoms with van der Waals surface area (Å²) in [6.45, 7) is 6.71. The SMILES string of the molecule is CCOCCCC(=O)NC(C)(CC)C(N)=NO. The van der Waals surface area contributed by atoms with Crippen LogP contribution in [0.2, 0.25) is 0 Å². The average Bonchev–Trinajstić information content (AvgIpc) is 2.33. The van der Waals surface area contributed by atoms with E-state index in [-0.39, 0.29) is 11.7 Å². The summed E-state index contributed by atoms with van der Waals surface area (Å²) in [5.41, 5.74) is 4.75. The lowest BCUT2D eigenvalue weighted by Crippen LogP contribution is -2.55. The molecule has 0 spiro atoms. The first-order valence-corrected chi connectivity index (χ1v) is 5.87. The van der Waals surface area contributed by atoms with Gasteiger partial charge in [0.15, 0.2) is 5.84 Å². The van der Waals surface area contributed by atoms with Gasteiger partial charge in [-0.1, -0.05) is 12.1 Å². The van der Waals surface area contributed by atoms with Gasteiger partial charge >= 0.3 is 0 Å². The second-order valence-corrected chi connectivity index (χ2v) is 4.02. The fourth-order valence-electron chi connectivity index (χ4n) is 1.29. The van der Waals surface area contributed by atoms with Crippen molar-refractivity contribution in [1.82, 2.24) is 5.32 Å². The largest absolute Gasteiger partial charge is 0.409 e. The quantitative estimate of drug-likeness (QED) is 0.194. The van der Waals surface area contributed by atoms with Gasteiger partial charge in [0.05, 0.1) is 5.54 Å². The maximum Gasteiger partial charge on any atom is 0.220 e. The van der Waals surface area contributed by atoms with Crippen molar-refractivity contribution in [3.63, 3.8) is 0 Å². The van der Waals surface area contributed by atoms with Crippen LogP contribution in [0.15, 0.2) is 5.16 Å². The molecule has 0 rings (SSSR count). The Morgan fingerprint density at radius 2 is 2.18 bits per heavy atom. The standard InChI is InChI=1S/C11H23N3O3/c1-4-11(3,10(12)14-16)13-9(15)7-6-8-17-5-2/h16H,4-8H2,1-3H3,(H2,12,14)(H,13,15). The van der Waals surface area contributed by atoms with Gasteiger partial charge in [-0.25, -0.2) is 0 Å². The lowest BCUT2D eigenvalue weighted by molar-refractivity contribution is -0.122. The predicted octanol–water partition coefficient (Wildman–Crippen LogP) is 0.834. The van der Waals surface area contributed by atoms with Crippen LogP contribution in [-0.4, -0.2) is 35.7 Å². The number of amidine groups is 1. The van der Waals surface area contributed by atoms with Gasteiger partial charge in [0.25, 0.3) is 0 Å². The Morgan fingerprint density at radius 3 is 2.65 bits per heavy atom. The molecule has 0 aromatic heterocycles. The van der Waals surface area contributed by atoms with E-state index in [9.17, 15) is 4.79 Å². The summed E-state index contributed by atoms with van der Waals surface area (Å²) < 4.78 is 5.14. The Kier molecular flexibility index (Phi) is 7.29. The third kappa shape index (κ3) is 5.53. The minimum Gasteiger partial charge on any atom is -0.409 e. The number of nitrogens with zero attached hydrogens (tertiary/aromatic N) is 1. The van der Waals surface area contributed by atoms with Gasteiger partial charge in [-0.15, -0.1) is 0 Å². The summed E-state index contributed by atoms with van der Waals surface area (Å²) in [4.78, 5) is 11.6. The minimum absolute atomic E-state index is 0.0122. The molecule has 0 saturated carbocycles. The van der Waals surface area contributed by atoms with Gasteiger partial charge in [-0.3, -0.25) is 4.79 Å². The highest BCUT2D eigenvalue weighted by atomic mass is 16.5. The zero-order chi connectivity index (χ0) is 13.3. The lowest BCUT2D eigenvalue weighted by atomic mass is 9.97. The number of nitrogens with two attached hydrogens (primary N) is 1. The molecule has 0 aliphatic carbocycles. The summed E-state index contributed by atoms with van der Waals surface area (Å²) in [7, 11) is 0. The van der Waals surface area contributed by atoms with E-state index in [2.05, 4.69) is 10.5 Å². The first kappa shape index (κ1) is 15.7. The summed E-state index contributed by atoms with van der Waals surface area (Å²) in [5, 5.41) is 14.4. The van der Waals surface area contributed by atoms with Crippen molar-refractivity contribution in [2.24, 2.45) is 10.9 Å². The molecule has 0 aliphatic heterocycles. The predicted molar refractivity (Wildman–Crippen MR) is 66.0 cm³/mol. The zero-order valence-corrected chi connectivity index (χ0v) is 10.8. The highest BCUT2D eigenvalue weighted by Crippen LogP contribution is 2.09. The minimum atomic E-state index is -0.794. The van der Waals surface area contributed by atoms with E-state index in [1.807, 2.05) is 13.8 Å². The van der Waals surface area contributed by atoms with E-state index in [0.717, 1.165) is 0 Å². The molecule has 6 nitrogen and oxygen atoms in total. The number of oxime groups is 1. The number of amides is 1. The Labute approximate surface area is 102 Å². The Hall–Kier alpha value is -1.30. The zero-order valence-electron chi connectivity index (χ0n) is 10.8. The van der Waals surface area contributed by atoms with Crippen LogP contribution in [-0.2, 0) is 9.53 Å². The van der Waals surface area contributed by atoms with Crippen LogP contribution in [0.4, 0.5) is 0 Å². The van der Waals surface area contributed by atoms with Gasteiger partial charge < -0.3 is 21.0 Å². The van der Waals surface area contributed by atoms with Crippen molar-refractivity contribution in [3.8, 4) is 0 Å². The molecular weight excluding hydrogens is 222 g/mol. The van der Waals surface area contributed by atoms with E-state index in [1.165, 1.54) is 0 Å². The maximum absolute atomic E-state index is 11.6. The van der Waals surface area contributed by atoms with Gasteiger partial charge in [0.2, 0.25) is 5.91 Å². The van der Waals surface area contributed by atoms with Crippen molar-refractivity contribution < 1.29 is 14.7 Å². The highest BCUT2D eigenvalue weighted by Gasteiger charge is 2.29. The van der Waals surface area contributed by atoms with Crippen LogP contribution in [0.1, 0.15) is 40.0 Å². The molecule has 4 N–H and O–H groups in total. The molecule has 1 atom stereocenters. The van der Waals surface area contributed by atoms with Crippen LogP contribution >= 0.6 is 0 Å². The fourth-order valence-corrected chi connectivity index (χ4v) is 1.29. The van der Waals surface area contributed by atoms with Gasteiger partial charge in [-0.2, -0.15) is 0 Å². The Balaban J connectivity index is 4.16. The molecule has 0 heterocycles. The molecule has 0 aromatic rings. The molecule has 0 aromatic carbocycles. The molecule has 0 fully saturated rings. The van der Waals surface area contributed by atoms with Crippen LogP contribution in [0.25, 0.3) is 0 Å². The van der Waals surface area contributed by atoms with Crippen LogP contribution in [0.3, 0.4) is 0 Å². The molecule has 1 unspecified atom stereocenters. The third-order valence-electron chi connectivity index (χ3n) is 2.69. The van der Waals surface area contributed by atoms with E-state index in [1.54, 1.807) is 6.92 Å². The molecule has 6 heteroatoms. The second kappa shape index (κ2) is 7.89. The van der Waals surface area contributed by atoms with Crippen molar-refractivity contribution in [2.75, 3.05) is 13.2 Å². The number of rotatable bonds is 8. The fraction of sp³-hybridized carbons (Fsp3) is 0.818. The van der Waals surface area contributed by atoms with Gasteiger partial charge in [0, 0.05) is 19.6 Å². The molecule has 17 heavy (non-hydrogen) atoms. The summed E-state index contributed by atoms with van der Waals surface area (Å²) in [6, 6.07) is 0. The number of ether oxygens (including phenoxy) is 1. The van der Waals surface area contributed by atoms with Gasteiger partial charge in [-0.05, 0) is 26.7 Å². The number of hydrogen-bond acceptors (Lipinski definition) is 4. The molecular formula is C11H23N3O3. The molecule has 0 bridgehead atoms. The highest BCUT2D eigenvalue weighted by molar-refractivity contribution is 5.93. The summed E-state index contributed by atoms with van der Waals surface area (Å²) >= 11 is 0. The molecule has 100 valence electrons. The normalized spacial score (nSPS) is 15.4. The smallest absolute Gasteiger partial charge is 0.220 e. The number of nitrogens with one attached hydrogen (secondary N) is 1. The topological polar surface area (TPSA) is 96.9 Å². The second-order valence-electron chi connectivity index (χ2n) is 4.02. The Bertz CT molecular complexity index is 269. The average molecular weight is 245 g/mol. The Morgan fingerprint density at radius 1 is 1.53 bits per heavy atom. The van der Waals surface area contributed by atoms with Crippen LogP contribution < -0.4 is 11.1 Å². The molecule has 1 amide bonds. The van der Waals surface area contributed by atoms with E-state index in [0.29, 0.717) is 32.5 Å². The molecule has 0 saturated heterocycles. The number of carbonyl (C=O) groups excluding carboxylic acids is 1. The van der Waals surface area contributed by atoms with E-state index >= 15 is 0 Å². The van der Waals surface area contributed by atoms with Gasteiger partial charge in [0.1, 0.15) is 0 Å². The van der Waals surface area contributed by atoms with Crippen LogP contribution in [0.5, 0.6) is 0 Å². The van der Waals surface area contributed by atoms with Crippen molar-refractivity contribution in [1.29, 1.82) is 0 Å². The summed E-state index contributed by atoms with van der Waals surface area (Å²) in [6.07, 6.45) is 1.59. The first-order valence-electron chi connectivity index (χ1n) is 5.87. The van der Waals surface area contributed by atoms with E-state index in [4.69, 9.17) is 15.7 Å². The van der Waals surface area contributed by atoms with Crippen molar-refractivity contribution in [2.45, 2.75) is 45.6 Å². The molecule has 0 radical (unpaired) electrons. The summed E-state index contributed by atoms with van der Waals surface area (Å²) in [5.74, 6) is -0.112. The maximum atomic E-state index is 11.6. The molecule has 0 aliphatic rings. The number of hydrogen-bond donors (Lipinski definition) is 3. The first-order chi connectivity index (χ1) is 8.00.